The van der Waals surface area contributed by atoms with Crippen molar-refractivity contribution in [3.8, 4) is 0 Å². The average molecular weight is 231 g/mol. The SMILES string of the molecule is Cc1ccc(C)c(C2CC2CNC(C)(C)C)c1. The highest BCUT2D eigenvalue weighted by atomic mass is 15.0. The fourth-order valence-corrected chi connectivity index (χ4v) is 2.45. The van der Waals surface area contributed by atoms with E-state index in [0.717, 1.165) is 18.4 Å². The molecule has 1 saturated carbocycles. The van der Waals surface area contributed by atoms with Crippen LogP contribution >= 0.6 is 0 Å². The summed E-state index contributed by atoms with van der Waals surface area (Å²) < 4.78 is 0. The number of benzene rings is 1. The van der Waals surface area contributed by atoms with Gasteiger partial charge in [-0.15, -0.1) is 0 Å². The Morgan fingerprint density at radius 3 is 2.59 bits per heavy atom. The summed E-state index contributed by atoms with van der Waals surface area (Å²) in [5.41, 5.74) is 4.67. The molecule has 1 heteroatoms. The molecule has 0 aromatic heterocycles. The number of hydrogen-bond acceptors (Lipinski definition) is 1. The Kier molecular flexibility index (Phi) is 3.31. The van der Waals surface area contributed by atoms with Crippen molar-refractivity contribution in [3.05, 3.63) is 34.9 Å². The lowest BCUT2D eigenvalue weighted by atomic mass is 10.0. The molecule has 2 atom stereocenters. The van der Waals surface area contributed by atoms with E-state index in [9.17, 15) is 0 Å². The maximum Gasteiger partial charge on any atom is 0.00966 e. The van der Waals surface area contributed by atoms with Crippen LogP contribution in [-0.4, -0.2) is 12.1 Å². The van der Waals surface area contributed by atoms with Gasteiger partial charge < -0.3 is 5.32 Å². The van der Waals surface area contributed by atoms with Crippen LogP contribution in [0.4, 0.5) is 0 Å². The molecule has 2 rings (SSSR count). The highest BCUT2D eigenvalue weighted by molar-refractivity contribution is 5.36. The van der Waals surface area contributed by atoms with Crippen molar-refractivity contribution in [1.29, 1.82) is 0 Å². The molecule has 0 radical (unpaired) electrons. The summed E-state index contributed by atoms with van der Waals surface area (Å²) >= 11 is 0. The van der Waals surface area contributed by atoms with Crippen LogP contribution in [0.3, 0.4) is 0 Å². The first-order valence-corrected chi connectivity index (χ1v) is 6.69. The summed E-state index contributed by atoms with van der Waals surface area (Å²) in [7, 11) is 0. The van der Waals surface area contributed by atoms with Gasteiger partial charge in [-0.3, -0.25) is 0 Å². The highest BCUT2D eigenvalue weighted by Crippen LogP contribution is 2.48. The number of hydrogen-bond donors (Lipinski definition) is 1. The van der Waals surface area contributed by atoms with Gasteiger partial charge in [0.05, 0.1) is 0 Å². The molecule has 0 spiro atoms. The van der Waals surface area contributed by atoms with Gasteiger partial charge in [-0.25, -0.2) is 0 Å². The molecule has 94 valence electrons. The van der Waals surface area contributed by atoms with Crippen molar-refractivity contribution in [2.45, 2.75) is 52.5 Å². The molecule has 2 unspecified atom stereocenters. The lowest BCUT2D eigenvalue weighted by Gasteiger charge is -2.20. The lowest BCUT2D eigenvalue weighted by molar-refractivity contribution is 0.414. The van der Waals surface area contributed by atoms with Gasteiger partial charge in [0.1, 0.15) is 0 Å². The first-order chi connectivity index (χ1) is 7.87. The topological polar surface area (TPSA) is 12.0 Å². The molecular formula is C16H25N. The summed E-state index contributed by atoms with van der Waals surface area (Å²) in [4.78, 5) is 0. The van der Waals surface area contributed by atoms with E-state index < -0.39 is 0 Å². The van der Waals surface area contributed by atoms with Gasteiger partial charge in [-0.05, 0) is 70.5 Å². The molecule has 1 fully saturated rings. The maximum absolute atomic E-state index is 3.62. The Hall–Kier alpha value is -0.820. The van der Waals surface area contributed by atoms with Crippen LogP contribution in [0.1, 0.15) is 49.8 Å². The molecule has 0 amide bonds. The van der Waals surface area contributed by atoms with Gasteiger partial charge >= 0.3 is 0 Å². The molecule has 17 heavy (non-hydrogen) atoms. The molecule has 0 aliphatic heterocycles. The zero-order valence-corrected chi connectivity index (χ0v) is 11.8. The number of nitrogens with one attached hydrogen (secondary N) is 1. The standard InChI is InChI=1S/C16H25N/c1-11-6-7-12(2)14(8-11)15-9-13(15)10-17-16(3,4)5/h6-8,13,15,17H,9-10H2,1-5H3. The molecule has 0 saturated heterocycles. The summed E-state index contributed by atoms with van der Waals surface area (Å²) in [5.74, 6) is 1.64. The molecule has 0 bridgehead atoms. The fraction of sp³-hybridized carbons (Fsp3) is 0.625. The smallest absolute Gasteiger partial charge is 0.00966 e. The second-order valence-electron chi connectivity index (χ2n) is 6.59. The number of rotatable bonds is 3. The second-order valence-corrected chi connectivity index (χ2v) is 6.59. The van der Waals surface area contributed by atoms with E-state index in [1.165, 1.54) is 17.5 Å². The van der Waals surface area contributed by atoms with E-state index in [0.29, 0.717) is 0 Å². The van der Waals surface area contributed by atoms with Crippen molar-refractivity contribution in [2.75, 3.05) is 6.54 Å². The molecule has 1 aliphatic carbocycles. The minimum Gasteiger partial charge on any atom is -0.312 e. The summed E-state index contributed by atoms with van der Waals surface area (Å²) in [6.07, 6.45) is 1.35. The molecular weight excluding hydrogens is 206 g/mol. The summed E-state index contributed by atoms with van der Waals surface area (Å²) in [6, 6.07) is 6.85. The molecule has 1 N–H and O–H groups in total. The van der Waals surface area contributed by atoms with Crippen molar-refractivity contribution in [1.82, 2.24) is 5.32 Å². The average Bonchev–Trinajstić information content (AvgIpc) is 2.97. The van der Waals surface area contributed by atoms with E-state index >= 15 is 0 Å². The van der Waals surface area contributed by atoms with Gasteiger partial charge in [-0.1, -0.05) is 23.8 Å². The van der Waals surface area contributed by atoms with E-state index in [-0.39, 0.29) is 5.54 Å². The van der Waals surface area contributed by atoms with Crippen LogP contribution < -0.4 is 5.32 Å². The molecule has 0 heterocycles. The Morgan fingerprint density at radius 1 is 1.24 bits per heavy atom. The molecule has 1 aromatic carbocycles. The second kappa shape index (κ2) is 4.45. The van der Waals surface area contributed by atoms with Crippen molar-refractivity contribution in [2.24, 2.45) is 5.92 Å². The van der Waals surface area contributed by atoms with Gasteiger partial charge in [-0.2, -0.15) is 0 Å². The van der Waals surface area contributed by atoms with E-state index in [1.54, 1.807) is 5.56 Å². The number of aryl methyl sites for hydroxylation is 2. The van der Waals surface area contributed by atoms with Gasteiger partial charge in [0.2, 0.25) is 0 Å². The molecule has 1 aliphatic rings. The third-order valence-electron chi connectivity index (χ3n) is 3.65. The quantitative estimate of drug-likeness (QED) is 0.834. The van der Waals surface area contributed by atoms with Crippen LogP contribution in [-0.2, 0) is 0 Å². The third-order valence-corrected chi connectivity index (χ3v) is 3.65. The molecule has 1 aromatic rings. The van der Waals surface area contributed by atoms with Crippen LogP contribution in [0.15, 0.2) is 18.2 Å². The fourth-order valence-electron chi connectivity index (χ4n) is 2.45. The summed E-state index contributed by atoms with van der Waals surface area (Å²) in [6.45, 7) is 12.3. The monoisotopic (exact) mass is 231 g/mol. The Labute approximate surface area is 106 Å². The van der Waals surface area contributed by atoms with E-state index in [4.69, 9.17) is 0 Å². The van der Waals surface area contributed by atoms with Crippen molar-refractivity contribution >= 4 is 0 Å². The zero-order valence-electron chi connectivity index (χ0n) is 11.8. The van der Waals surface area contributed by atoms with Crippen LogP contribution in [0.2, 0.25) is 0 Å². The maximum atomic E-state index is 3.62. The van der Waals surface area contributed by atoms with Gasteiger partial charge in [0, 0.05) is 5.54 Å². The first kappa shape index (κ1) is 12.6. The van der Waals surface area contributed by atoms with Crippen LogP contribution in [0, 0.1) is 19.8 Å². The van der Waals surface area contributed by atoms with Gasteiger partial charge in [0.25, 0.3) is 0 Å². The lowest BCUT2D eigenvalue weighted by Crippen LogP contribution is -2.37. The third kappa shape index (κ3) is 3.32. The van der Waals surface area contributed by atoms with Crippen LogP contribution in [0.25, 0.3) is 0 Å². The zero-order chi connectivity index (χ0) is 12.6. The predicted octanol–water partition coefficient (Wildman–Crippen LogP) is 3.80. The van der Waals surface area contributed by atoms with Crippen molar-refractivity contribution < 1.29 is 0 Å². The first-order valence-electron chi connectivity index (χ1n) is 6.69. The Morgan fingerprint density at radius 2 is 1.94 bits per heavy atom. The van der Waals surface area contributed by atoms with Gasteiger partial charge in [0.15, 0.2) is 0 Å². The Balaban J connectivity index is 1.96. The minimum atomic E-state index is 0.245. The summed E-state index contributed by atoms with van der Waals surface area (Å²) in [5, 5.41) is 3.62. The van der Waals surface area contributed by atoms with E-state index in [1.807, 2.05) is 0 Å². The van der Waals surface area contributed by atoms with E-state index in [2.05, 4.69) is 58.1 Å². The largest absolute Gasteiger partial charge is 0.312 e. The van der Waals surface area contributed by atoms with Crippen molar-refractivity contribution in [3.63, 3.8) is 0 Å². The molecule has 1 nitrogen and oxygen atoms in total. The minimum absolute atomic E-state index is 0.245. The van der Waals surface area contributed by atoms with Crippen LogP contribution in [0.5, 0.6) is 0 Å². The predicted molar refractivity (Wildman–Crippen MR) is 74.5 cm³/mol. The Bertz CT molecular complexity index is 400. The highest BCUT2D eigenvalue weighted by Gasteiger charge is 2.39. The normalized spacial score (nSPS) is 23.8.